The fourth-order valence-corrected chi connectivity index (χ4v) is 4.60. The number of rotatable bonds is 4. The Morgan fingerprint density at radius 2 is 1.67 bits per heavy atom. The van der Waals surface area contributed by atoms with Crippen molar-refractivity contribution >= 4 is 0 Å². The molecule has 0 radical (unpaired) electrons. The van der Waals surface area contributed by atoms with Gasteiger partial charge in [-0.2, -0.15) is 0 Å². The standard InChI is InChI=1S/C21H27N3/c1-2-7-19(8-3-1)16-23-13-5-10-21(18-23)11-6-14-24(21)17-20-9-4-12-22-15-20/h1-4,7-9,12,15H,5-6,10-11,13-14,16-18H2/t21-/m0/s1. The molecule has 126 valence electrons. The van der Waals surface area contributed by atoms with Crippen LogP contribution in [0.1, 0.15) is 36.8 Å². The first-order valence-electron chi connectivity index (χ1n) is 9.24. The van der Waals surface area contributed by atoms with Gasteiger partial charge >= 0.3 is 0 Å². The Bertz CT molecular complexity index is 643. The number of nitrogens with zero attached hydrogens (tertiary/aromatic N) is 3. The highest BCUT2D eigenvalue weighted by Gasteiger charge is 2.43. The molecular weight excluding hydrogens is 294 g/mol. The van der Waals surface area contributed by atoms with E-state index in [4.69, 9.17) is 0 Å². The quantitative estimate of drug-likeness (QED) is 0.856. The minimum atomic E-state index is 0.378. The number of pyridine rings is 1. The molecule has 0 saturated carbocycles. The summed E-state index contributed by atoms with van der Waals surface area (Å²) in [5, 5.41) is 0. The lowest BCUT2D eigenvalue weighted by Crippen LogP contribution is -2.55. The van der Waals surface area contributed by atoms with E-state index < -0.39 is 0 Å². The monoisotopic (exact) mass is 321 g/mol. The van der Waals surface area contributed by atoms with Crippen molar-refractivity contribution in [3.63, 3.8) is 0 Å². The molecular formula is C21H27N3. The topological polar surface area (TPSA) is 19.4 Å². The summed E-state index contributed by atoms with van der Waals surface area (Å²) in [5.74, 6) is 0. The van der Waals surface area contributed by atoms with Crippen molar-refractivity contribution in [2.45, 2.75) is 44.3 Å². The van der Waals surface area contributed by atoms with Gasteiger partial charge in [0.15, 0.2) is 0 Å². The summed E-state index contributed by atoms with van der Waals surface area (Å²) in [5.41, 5.74) is 3.16. The van der Waals surface area contributed by atoms with Crippen molar-refractivity contribution in [1.29, 1.82) is 0 Å². The van der Waals surface area contributed by atoms with Gasteiger partial charge in [0.25, 0.3) is 0 Å². The highest BCUT2D eigenvalue weighted by molar-refractivity contribution is 5.15. The van der Waals surface area contributed by atoms with Gasteiger partial charge in [-0.15, -0.1) is 0 Å². The van der Waals surface area contributed by atoms with Gasteiger partial charge in [-0.3, -0.25) is 14.8 Å². The first-order valence-corrected chi connectivity index (χ1v) is 9.24. The molecule has 0 N–H and O–H groups in total. The van der Waals surface area contributed by atoms with Crippen LogP contribution in [-0.2, 0) is 13.1 Å². The third-order valence-electron chi connectivity index (χ3n) is 5.72. The Kier molecular flexibility index (Phi) is 4.63. The number of hydrogen-bond acceptors (Lipinski definition) is 3. The van der Waals surface area contributed by atoms with Crippen LogP contribution in [-0.4, -0.2) is 40.0 Å². The van der Waals surface area contributed by atoms with Crippen molar-refractivity contribution in [1.82, 2.24) is 14.8 Å². The molecule has 0 bridgehead atoms. The highest BCUT2D eigenvalue weighted by atomic mass is 15.3. The number of benzene rings is 1. The van der Waals surface area contributed by atoms with E-state index in [0.29, 0.717) is 5.54 Å². The van der Waals surface area contributed by atoms with Crippen LogP contribution in [0, 0.1) is 0 Å². The molecule has 2 fully saturated rings. The lowest BCUT2D eigenvalue weighted by molar-refractivity contribution is 0.0328. The first-order chi connectivity index (χ1) is 11.8. The van der Waals surface area contributed by atoms with E-state index in [1.807, 2.05) is 12.4 Å². The van der Waals surface area contributed by atoms with Crippen LogP contribution in [0.25, 0.3) is 0 Å². The Labute approximate surface area is 145 Å². The van der Waals surface area contributed by atoms with E-state index >= 15 is 0 Å². The minimum Gasteiger partial charge on any atom is -0.297 e. The molecule has 2 saturated heterocycles. The van der Waals surface area contributed by atoms with E-state index in [9.17, 15) is 0 Å². The minimum absolute atomic E-state index is 0.378. The smallest absolute Gasteiger partial charge is 0.0341 e. The number of likely N-dealkylation sites (tertiary alicyclic amines) is 2. The summed E-state index contributed by atoms with van der Waals surface area (Å²) in [7, 11) is 0. The van der Waals surface area contributed by atoms with Gasteiger partial charge in [0.05, 0.1) is 0 Å². The average Bonchev–Trinajstić information content (AvgIpc) is 2.98. The van der Waals surface area contributed by atoms with Gasteiger partial charge in [-0.1, -0.05) is 36.4 Å². The van der Waals surface area contributed by atoms with Crippen molar-refractivity contribution in [2.24, 2.45) is 0 Å². The molecule has 1 spiro atoms. The number of hydrogen-bond donors (Lipinski definition) is 0. The Hall–Kier alpha value is -1.71. The predicted octanol–water partition coefficient (Wildman–Crippen LogP) is 3.71. The van der Waals surface area contributed by atoms with Crippen molar-refractivity contribution < 1.29 is 0 Å². The van der Waals surface area contributed by atoms with E-state index in [2.05, 4.69) is 57.2 Å². The molecule has 4 rings (SSSR count). The summed E-state index contributed by atoms with van der Waals surface area (Å²) in [6.07, 6.45) is 9.23. The van der Waals surface area contributed by atoms with Gasteiger partial charge in [0.2, 0.25) is 0 Å². The maximum atomic E-state index is 4.29. The molecule has 2 aliphatic rings. The SMILES string of the molecule is c1ccc(CN2CCC[C@]3(CCCN3Cc3cccnc3)C2)cc1. The van der Waals surface area contributed by atoms with Crippen molar-refractivity contribution in [3.8, 4) is 0 Å². The zero-order valence-electron chi connectivity index (χ0n) is 14.4. The molecule has 3 heterocycles. The Morgan fingerprint density at radius 1 is 0.875 bits per heavy atom. The molecule has 2 aromatic rings. The summed E-state index contributed by atoms with van der Waals surface area (Å²) in [4.78, 5) is 9.70. The zero-order chi connectivity index (χ0) is 16.2. The first kappa shape index (κ1) is 15.8. The molecule has 2 aliphatic heterocycles. The zero-order valence-corrected chi connectivity index (χ0v) is 14.4. The van der Waals surface area contributed by atoms with Crippen LogP contribution in [0.4, 0.5) is 0 Å². The van der Waals surface area contributed by atoms with Gasteiger partial charge in [-0.05, 0) is 56.0 Å². The maximum absolute atomic E-state index is 4.29. The van der Waals surface area contributed by atoms with Crippen LogP contribution in [0.5, 0.6) is 0 Å². The average molecular weight is 321 g/mol. The van der Waals surface area contributed by atoms with Crippen LogP contribution in [0.15, 0.2) is 54.9 Å². The van der Waals surface area contributed by atoms with Gasteiger partial charge < -0.3 is 0 Å². The highest BCUT2D eigenvalue weighted by Crippen LogP contribution is 2.38. The Balaban J connectivity index is 1.46. The molecule has 3 heteroatoms. The van der Waals surface area contributed by atoms with Crippen molar-refractivity contribution in [2.75, 3.05) is 19.6 Å². The van der Waals surface area contributed by atoms with E-state index in [1.165, 1.54) is 56.4 Å². The van der Waals surface area contributed by atoms with E-state index in [0.717, 1.165) is 13.1 Å². The van der Waals surface area contributed by atoms with E-state index in [1.54, 1.807) is 0 Å². The second kappa shape index (κ2) is 7.04. The molecule has 24 heavy (non-hydrogen) atoms. The number of aromatic nitrogens is 1. The van der Waals surface area contributed by atoms with Crippen molar-refractivity contribution in [3.05, 3.63) is 66.0 Å². The largest absolute Gasteiger partial charge is 0.297 e. The second-order valence-corrected chi connectivity index (χ2v) is 7.41. The maximum Gasteiger partial charge on any atom is 0.0341 e. The van der Waals surface area contributed by atoms with Gasteiger partial charge in [-0.25, -0.2) is 0 Å². The normalized spacial score (nSPS) is 25.3. The van der Waals surface area contributed by atoms with Crippen LogP contribution in [0.2, 0.25) is 0 Å². The molecule has 1 aromatic carbocycles. The third kappa shape index (κ3) is 3.38. The second-order valence-electron chi connectivity index (χ2n) is 7.41. The summed E-state index contributed by atoms with van der Waals surface area (Å²) in [6, 6.07) is 15.2. The van der Waals surface area contributed by atoms with Gasteiger partial charge in [0.1, 0.15) is 0 Å². The fourth-order valence-electron chi connectivity index (χ4n) is 4.60. The summed E-state index contributed by atoms with van der Waals surface area (Å²) < 4.78 is 0. The third-order valence-corrected chi connectivity index (χ3v) is 5.72. The summed E-state index contributed by atoms with van der Waals surface area (Å²) in [6.45, 7) is 5.81. The Morgan fingerprint density at radius 3 is 2.46 bits per heavy atom. The molecule has 0 aliphatic carbocycles. The number of piperidine rings is 1. The molecule has 0 amide bonds. The molecule has 1 aromatic heterocycles. The fraction of sp³-hybridized carbons (Fsp3) is 0.476. The van der Waals surface area contributed by atoms with Gasteiger partial charge in [0, 0.05) is 37.6 Å². The van der Waals surface area contributed by atoms with Crippen LogP contribution < -0.4 is 0 Å². The predicted molar refractivity (Wildman–Crippen MR) is 97.6 cm³/mol. The molecule has 0 unspecified atom stereocenters. The molecule has 3 nitrogen and oxygen atoms in total. The van der Waals surface area contributed by atoms with E-state index in [-0.39, 0.29) is 0 Å². The lowest BCUT2D eigenvalue weighted by Gasteiger charge is -2.46. The summed E-state index contributed by atoms with van der Waals surface area (Å²) >= 11 is 0. The van der Waals surface area contributed by atoms with Crippen LogP contribution >= 0.6 is 0 Å². The van der Waals surface area contributed by atoms with Crippen LogP contribution in [0.3, 0.4) is 0 Å². The lowest BCUT2D eigenvalue weighted by atomic mass is 9.86. The molecule has 1 atom stereocenters.